The van der Waals surface area contributed by atoms with Gasteiger partial charge in [-0.05, 0) is 37.6 Å². The maximum Gasteiger partial charge on any atom is 0.129 e. The van der Waals surface area contributed by atoms with Crippen LogP contribution in [0.2, 0.25) is 5.15 Å². The van der Waals surface area contributed by atoms with E-state index in [0.29, 0.717) is 18.1 Å². The average Bonchev–Trinajstić information content (AvgIpc) is 2.03. The Hall–Kier alpha value is -0.640. The van der Waals surface area contributed by atoms with Crippen molar-refractivity contribution in [1.29, 1.82) is 0 Å². The van der Waals surface area contributed by atoms with Crippen LogP contribution >= 0.6 is 11.6 Å². The second-order valence-electron chi connectivity index (χ2n) is 2.96. The molecular formula is C9H13ClN2O. The fraction of sp³-hybridized carbons (Fsp3) is 0.444. The number of rotatable bonds is 3. The van der Waals surface area contributed by atoms with Gasteiger partial charge < -0.3 is 10.8 Å². The number of nitrogens with two attached hydrogens (primary N) is 1. The third kappa shape index (κ3) is 2.95. The van der Waals surface area contributed by atoms with E-state index in [1.54, 1.807) is 6.07 Å². The van der Waals surface area contributed by atoms with Crippen molar-refractivity contribution < 1.29 is 5.11 Å². The van der Waals surface area contributed by atoms with Crippen molar-refractivity contribution in [1.82, 2.24) is 4.98 Å². The molecule has 4 heteroatoms. The molecule has 3 N–H and O–H groups in total. The van der Waals surface area contributed by atoms with Crippen LogP contribution in [0.15, 0.2) is 12.1 Å². The summed E-state index contributed by atoms with van der Waals surface area (Å²) in [7, 11) is 0. The molecule has 0 saturated carbocycles. The van der Waals surface area contributed by atoms with Crippen molar-refractivity contribution in [3.63, 3.8) is 0 Å². The highest BCUT2D eigenvalue weighted by Crippen LogP contribution is 2.19. The van der Waals surface area contributed by atoms with E-state index in [2.05, 4.69) is 4.98 Å². The predicted molar refractivity (Wildman–Crippen MR) is 52.6 cm³/mol. The summed E-state index contributed by atoms with van der Waals surface area (Å²) in [5.41, 5.74) is 6.92. The third-order valence-electron chi connectivity index (χ3n) is 1.77. The minimum Gasteiger partial charge on any atom is -0.388 e. The molecule has 1 aromatic rings. The zero-order chi connectivity index (χ0) is 9.84. The van der Waals surface area contributed by atoms with Gasteiger partial charge >= 0.3 is 0 Å². The Morgan fingerprint density at radius 2 is 2.31 bits per heavy atom. The zero-order valence-electron chi connectivity index (χ0n) is 7.50. The van der Waals surface area contributed by atoms with Gasteiger partial charge in [0.05, 0.1) is 6.10 Å². The maximum absolute atomic E-state index is 9.60. The summed E-state index contributed by atoms with van der Waals surface area (Å²) in [5, 5.41) is 10.0. The number of nitrogens with zero attached hydrogens (tertiary/aromatic N) is 1. The second kappa shape index (κ2) is 4.56. The molecule has 0 aliphatic carbocycles. The van der Waals surface area contributed by atoms with E-state index in [-0.39, 0.29) is 0 Å². The van der Waals surface area contributed by atoms with Gasteiger partial charge in [0.25, 0.3) is 0 Å². The van der Waals surface area contributed by atoms with Gasteiger partial charge in [-0.2, -0.15) is 0 Å². The fourth-order valence-electron chi connectivity index (χ4n) is 1.17. The van der Waals surface area contributed by atoms with Crippen molar-refractivity contribution >= 4 is 11.6 Å². The number of hydrogen-bond acceptors (Lipinski definition) is 3. The molecular weight excluding hydrogens is 188 g/mol. The molecule has 0 amide bonds. The molecule has 1 aromatic heterocycles. The monoisotopic (exact) mass is 200 g/mol. The van der Waals surface area contributed by atoms with Crippen molar-refractivity contribution in [3.8, 4) is 0 Å². The molecule has 0 saturated heterocycles. The molecule has 13 heavy (non-hydrogen) atoms. The van der Waals surface area contributed by atoms with Crippen LogP contribution in [0.5, 0.6) is 0 Å². The van der Waals surface area contributed by atoms with Gasteiger partial charge in [-0.15, -0.1) is 0 Å². The molecule has 0 unspecified atom stereocenters. The van der Waals surface area contributed by atoms with Crippen LogP contribution < -0.4 is 5.73 Å². The van der Waals surface area contributed by atoms with Gasteiger partial charge in [-0.3, -0.25) is 0 Å². The summed E-state index contributed by atoms with van der Waals surface area (Å²) in [6.07, 6.45) is 0.00367. The first-order valence-corrected chi connectivity index (χ1v) is 4.53. The molecule has 0 aliphatic heterocycles. The van der Waals surface area contributed by atoms with Crippen LogP contribution in [-0.2, 0) is 0 Å². The molecule has 72 valence electrons. The normalized spacial score (nSPS) is 12.9. The van der Waals surface area contributed by atoms with Crippen LogP contribution in [0, 0.1) is 6.92 Å². The Morgan fingerprint density at radius 1 is 1.62 bits per heavy atom. The highest BCUT2D eigenvalue weighted by molar-refractivity contribution is 6.29. The van der Waals surface area contributed by atoms with E-state index >= 15 is 0 Å². The lowest BCUT2D eigenvalue weighted by atomic mass is 10.1. The summed E-state index contributed by atoms with van der Waals surface area (Å²) in [5.74, 6) is 0. The molecule has 0 fully saturated rings. The van der Waals surface area contributed by atoms with Crippen LogP contribution in [0.25, 0.3) is 0 Å². The third-order valence-corrected chi connectivity index (χ3v) is 1.96. The molecule has 0 aromatic carbocycles. The van der Waals surface area contributed by atoms with Gasteiger partial charge in [-0.1, -0.05) is 11.6 Å². The second-order valence-corrected chi connectivity index (χ2v) is 3.34. The number of aryl methyl sites for hydroxylation is 1. The Balaban J connectivity index is 2.87. The number of hydrogen-bond donors (Lipinski definition) is 2. The van der Waals surface area contributed by atoms with Gasteiger partial charge in [0.15, 0.2) is 0 Å². The lowest BCUT2D eigenvalue weighted by Crippen LogP contribution is -2.07. The SMILES string of the molecule is Cc1cc([C@H](O)CCN)cc(Cl)n1. The van der Waals surface area contributed by atoms with E-state index in [9.17, 15) is 5.11 Å². The minimum atomic E-state index is -0.538. The molecule has 0 spiro atoms. The zero-order valence-corrected chi connectivity index (χ0v) is 8.25. The molecule has 1 atom stereocenters. The van der Waals surface area contributed by atoms with Crippen molar-refractivity contribution in [2.45, 2.75) is 19.4 Å². The van der Waals surface area contributed by atoms with Crippen molar-refractivity contribution in [2.75, 3.05) is 6.54 Å². The highest BCUT2D eigenvalue weighted by atomic mass is 35.5. The highest BCUT2D eigenvalue weighted by Gasteiger charge is 2.07. The first-order valence-electron chi connectivity index (χ1n) is 4.15. The topological polar surface area (TPSA) is 59.1 Å². The maximum atomic E-state index is 9.60. The van der Waals surface area contributed by atoms with Gasteiger partial charge in [-0.25, -0.2) is 4.98 Å². The molecule has 0 bridgehead atoms. The molecule has 3 nitrogen and oxygen atoms in total. The number of pyridine rings is 1. The largest absolute Gasteiger partial charge is 0.388 e. The smallest absolute Gasteiger partial charge is 0.129 e. The minimum absolute atomic E-state index is 0.408. The fourth-order valence-corrected chi connectivity index (χ4v) is 1.43. The Kier molecular flexibility index (Phi) is 3.66. The lowest BCUT2D eigenvalue weighted by Gasteiger charge is -2.10. The van der Waals surface area contributed by atoms with E-state index in [1.807, 2.05) is 13.0 Å². The molecule has 1 rings (SSSR count). The number of aromatic nitrogens is 1. The van der Waals surface area contributed by atoms with E-state index in [4.69, 9.17) is 17.3 Å². The number of halogens is 1. The Labute approximate surface area is 82.5 Å². The van der Waals surface area contributed by atoms with Crippen LogP contribution in [-0.4, -0.2) is 16.6 Å². The summed E-state index contributed by atoms with van der Waals surface area (Å²) in [4.78, 5) is 4.00. The van der Waals surface area contributed by atoms with Crippen molar-refractivity contribution in [3.05, 3.63) is 28.5 Å². The van der Waals surface area contributed by atoms with Crippen LogP contribution in [0.3, 0.4) is 0 Å². The van der Waals surface area contributed by atoms with E-state index in [1.165, 1.54) is 0 Å². The van der Waals surface area contributed by atoms with Crippen molar-refractivity contribution in [2.24, 2.45) is 5.73 Å². The summed E-state index contributed by atoms with van der Waals surface area (Å²) in [6, 6.07) is 3.47. The summed E-state index contributed by atoms with van der Waals surface area (Å²) in [6.45, 7) is 2.30. The Bertz CT molecular complexity index is 271. The molecule has 1 heterocycles. The number of aliphatic hydroxyl groups is 1. The Morgan fingerprint density at radius 3 is 2.85 bits per heavy atom. The quantitative estimate of drug-likeness (QED) is 0.726. The lowest BCUT2D eigenvalue weighted by molar-refractivity contribution is 0.170. The summed E-state index contributed by atoms with van der Waals surface area (Å²) >= 11 is 5.74. The standard InChI is InChI=1S/C9H13ClN2O/c1-6-4-7(5-9(10)12-6)8(13)2-3-11/h4-5,8,13H,2-3,11H2,1H3/t8-/m1/s1. The van der Waals surface area contributed by atoms with Crippen LogP contribution in [0.4, 0.5) is 0 Å². The van der Waals surface area contributed by atoms with Crippen LogP contribution in [0.1, 0.15) is 23.8 Å². The average molecular weight is 201 g/mol. The van der Waals surface area contributed by atoms with E-state index in [0.717, 1.165) is 11.3 Å². The predicted octanol–water partition coefficient (Wildman–Crippen LogP) is 1.43. The number of aliphatic hydroxyl groups excluding tert-OH is 1. The van der Waals surface area contributed by atoms with Gasteiger partial charge in [0.1, 0.15) is 5.15 Å². The first kappa shape index (κ1) is 10.4. The van der Waals surface area contributed by atoms with Gasteiger partial charge in [0, 0.05) is 5.69 Å². The van der Waals surface area contributed by atoms with Gasteiger partial charge in [0.2, 0.25) is 0 Å². The summed E-state index contributed by atoms with van der Waals surface area (Å²) < 4.78 is 0. The van der Waals surface area contributed by atoms with E-state index < -0.39 is 6.10 Å². The molecule has 0 aliphatic rings. The molecule has 0 radical (unpaired) electrons. The first-order chi connectivity index (χ1) is 6.13.